The molecule has 1 aromatic rings. The largest absolute Gasteiger partial charge is 0.433 e. The number of ketones is 1. The number of nitrogens with one attached hydrogen (secondary N) is 1. The van der Waals surface area contributed by atoms with E-state index in [1.54, 1.807) is 18.9 Å². The summed E-state index contributed by atoms with van der Waals surface area (Å²) in [7, 11) is 1.57. The van der Waals surface area contributed by atoms with Gasteiger partial charge in [-0.25, -0.2) is 9.97 Å². The topological polar surface area (TPSA) is 75.2 Å². The van der Waals surface area contributed by atoms with Crippen molar-refractivity contribution < 1.29 is 22.8 Å². The van der Waals surface area contributed by atoms with Crippen molar-refractivity contribution in [3.63, 3.8) is 0 Å². The van der Waals surface area contributed by atoms with E-state index in [2.05, 4.69) is 29.1 Å². The van der Waals surface area contributed by atoms with Gasteiger partial charge >= 0.3 is 6.18 Å². The predicted octanol–water partition coefficient (Wildman–Crippen LogP) is 4.50. The fourth-order valence-corrected chi connectivity index (χ4v) is 2.70. The van der Waals surface area contributed by atoms with Crippen LogP contribution in [0.3, 0.4) is 0 Å². The van der Waals surface area contributed by atoms with Gasteiger partial charge in [0.15, 0.2) is 0 Å². The van der Waals surface area contributed by atoms with Crippen LogP contribution in [0.5, 0.6) is 0 Å². The number of Topliss-reactive ketones (excluding diaryl/α,β-unsaturated/α-hetero) is 1. The molecule has 0 aromatic carbocycles. The minimum atomic E-state index is -4.47. The summed E-state index contributed by atoms with van der Waals surface area (Å²) >= 11 is 0. The summed E-state index contributed by atoms with van der Waals surface area (Å²) in [5, 5.41) is 2.58. The maximum atomic E-state index is 12.6. The highest BCUT2D eigenvalue weighted by atomic mass is 19.4. The van der Waals surface area contributed by atoms with E-state index in [-0.39, 0.29) is 17.8 Å². The van der Waals surface area contributed by atoms with Gasteiger partial charge in [0.1, 0.15) is 11.5 Å². The number of alkyl halides is 3. The molecule has 0 saturated carbocycles. The zero-order chi connectivity index (χ0) is 23.3. The molecule has 2 heterocycles. The van der Waals surface area contributed by atoms with Crippen LogP contribution in [0.2, 0.25) is 0 Å². The van der Waals surface area contributed by atoms with Gasteiger partial charge in [-0.1, -0.05) is 27.7 Å². The zero-order valence-electron chi connectivity index (χ0n) is 18.8. The Morgan fingerprint density at radius 1 is 1.23 bits per heavy atom. The molecule has 0 bridgehead atoms. The molecular weight excluding hydrogens is 397 g/mol. The third-order valence-corrected chi connectivity index (χ3v) is 4.40. The average molecular weight is 433 g/mol. The molecule has 1 amide bonds. The number of hydrogen-bond acceptors (Lipinski definition) is 5. The monoisotopic (exact) mass is 432 g/mol. The van der Waals surface area contributed by atoms with Crippen molar-refractivity contribution in [1.82, 2.24) is 15.3 Å². The fraction of sp³-hybridized carbons (Fsp3) is 0.714. The number of carbonyl (C=O) groups excluding carboxylic acids is 2. The first kappa shape index (κ1) is 27.8. The van der Waals surface area contributed by atoms with Gasteiger partial charge in [-0.05, 0) is 38.2 Å². The summed E-state index contributed by atoms with van der Waals surface area (Å²) in [5.41, 5.74) is -0.948. The van der Waals surface area contributed by atoms with Gasteiger partial charge in [0.25, 0.3) is 0 Å². The highest BCUT2D eigenvalue weighted by molar-refractivity contribution is 5.78. The third-order valence-electron chi connectivity index (χ3n) is 4.40. The van der Waals surface area contributed by atoms with Crippen LogP contribution in [-0.2, 0) is 15.8 Å². The van der Waals surface area contributed by atoms with Crippen LogP contribution in [0.25, 0.3) is 0 Å². The van der Waals surface area contributed by atoms with Crippen molar-refractivity contribution >= 4 is 17.6 Å². The van der Waals surface area contributed by atoms with Gasteiger partial charge in [-0.3, -0.25) is 4.79 Å². The molecule has 1 fully saturated rings. The SMILES string of the molecule is CC.CC(=O)CCC(C)C.CNC(=O)C1CCN(c2nccc(C(F)(F)F)n2)CC1. The first-order valence-electron chi connectivity index (χ1n) is 10.4. The number of hydrogen-bond donors (Lipinski definition) is 1. The summed E-state index contributed by atoms with van der Waals surface area (Å²) in [5.74, 6) is 0.907. The Hall–Kier alpha value is -2.19. The van der Waals surface area contributed by atoms with E-state index in [0.717, 1.165) is 25.1 Å². The lowest BCUT2D eigenvalue weighted by molar-refractivity contribution is -0.141. The molecule has 6 nitrogen and oxygen atoms in total. The van der Waals surface area contributed by atoms with Crippen LogP contribution in [0.1, 0.15) is 66.0 Å². The van der Waals surface area contributed by atoms with Crippen molar-refractivity contribution in [2.75, 3.05) is 25.0 Å². The minimum absolute atomic E-state index is 0.0328. The maximum absolute atomic E-state index is 12.6. The van der Waals surface area contributed by atoms with Crippen LogP contribution in [0.4, 0.5) is 19.1 Å². The van der Waals surface area contributed by atoms with E-state index in [1.807, 2.05) is 13.8 Å². The van der Waals surface area contributed by atoms with Gasteiger partial charge in [0.2, 0.25) is 11.9 Å². The molecule has 1 aliphatic rings. The van der Waals surface area contributed by atoms with E-state index in [4.69, 9.17) is 0 Å². The van der Waals surface area contributed by atoms with Crippen molar-refractivity contribution in [3.05, 3.63) is 18.0 Å². The van der Waals surface area contributed by atoms with Gasteiger partial charge in [0.05, 0.1) is 0 Å². The molecular formula is C21H35F3N4O2. The van der Waals surface area contributed by atoms with Crippen molar-refractivity contribution in [2.24, 2.45) is 11.8 Å². The number of aromatic nitrogens is 2. The molecule has 1 N–H and O–H groups in total. The standard InChI is InChI=1S/C12H15F3N4O.C7H14O.C2H6/c1-16-10(20)8-3-6-19(7-4-8)11-17-5-2-9(18-11)12(13,14)15;1-6(2)4-5-7(3)8;1-2/h2,5,8H,3-4,6-7H2,1H3,(H,16,20);6H,4-5H2,1-3H3;1-2H3. The van der Waals surface area contributed by atoms with E-state index >= 15 is 0 Å². The van der Waals surface area contributed by atoms with E-state index in [9.17, 15) is 22.8 Å². The number of amides is 1. The summed E-state index contributed by atoms with van der Waals surface area (Å²) in [6.45, 7) is 10.8. The molecule has 0 radical (unpaired) electrons. The fourth-order valence-electron chi connectivity index (χ4n) is 2.70. The summed E-state index contributed by atoms with van der Waals surface area (Å²) in [6.07, 6.45) is -0.417. The zero-order valence-corrected chi connectivity index (χ0v) is 18.8. The van der Waals surface area contributed by atoms with E-state index < -0.39 is 11.9 Å². The number of rotatable bonds is 5. The smallest absolute Gasteiger partial charge is 0.359 e. The van der Waals surface area contributed by atoms with Crippen LogP contribution in [0, 0.1) is 11.8 Å². The Balaban J connectivity index is 0.000000712. The molecule has 0 aliphatic carbocycles. The number of nitrogens with zero attached hydrogens (tertiary/aromatic N) is 3. The molecule has 0 spiro atoms. The van der Waals surface area contributed by atoms with Gasteiger partial charge in [0, 0.05) is 38.7 Å². The lowest BCUT2D eigenvalue weighted by Crippen LogP contribution is -2.40. The highest BCUT2D eigenvalue weighted by Crippen LogP contribution is 2.29. The molecule has 2 rings (SSSR count). The lowest BCUT2D eigenvalue weighted by Gasteiger charge is -2.31. The summed E-state index contributed by atoms with van der Waals surface area (Å²) < 4.78 is 37.8. The predicted molar refractivity (Wildman–Crippen MR) is 112 cm³/mol. The third kappa shape index (κ3) is 10.5. The number of halogens is 3. The van der Waals surface area contributed by atoms with Crippen molar-refractivity contribution in [1.29, 1.82) is 0 Å². The normalized spacial score (nSPS) is 14.3. The second kappa shape index (κ2) is 13.9. The second-order valence-corrected chi connectivity index (χ2v) is 7.25. The number of anilines is 1. The number of piperidine rings is 1. The summed E-state index contributed by atoms with van der Waals surface area (Å²) in [6, 6.07) is 0.848. The van der Waals surface area contributed by atoms with Gasteiger partial charge < -0.3 is 15.0 Å². The molecule has 1 aliphatic heterocycles. The Bertz CT molecular complexity index is 643. The molecule has 1 saturated heterocycles. The van der Waals surface area contributed by atoms with E-state index in [1.165, 1.54) is 0 Å². The van der Waals surface area contributed by atoms with Crippen LogP contribution in [-0.4, -0.2) is 41.8 Å². The Kier molecular flexibility index (Phi) is 12.9. The molecule has 30 heavy (non-hydrogen) atoms. The Morgan fingerprint density at radius 2 is 1.80 bits per heavy atom. The summed E-state index contributed by atoms with van der Waals surface area (Å²) in [4.78, 5) is 30.9. The minimum Gasteiger partial charge on any atom is -0.359 e. The molecule has 9 heteroatoms. The molecule has 172 valence electrons. The van der Waals surface area contributed by atoms with Crippen LogP contribution >= 0.6 is 0 Å². The molecule has 1 aromatic heterocycles. The van der Waals surface area contributed by atoms with Crippen LogP contribution < -0.4 is 10.2 Å². The maximum Gasteiger partial charge on any atom is 0.433 e. The average Bonchev–Trinajstić information content (AvgIpc) is 2.73. The quantitative estimate of drug-likeness (QED) is 0.742. The Labute approximate surface area is 177 Å². The first-order valence-corrected chi connectivity index (χ1v) is 10.4. The second-order valence-electron chi connectivity index (χ2n) is 7.25. The van der Waals surface area contributed by atoms with Crippen molar-refractivity contribution in [3.8, 4) is 0 Å². The van der Waals surface area contributed by atoms with E-state index in [0.29, 0.717) is 37.6 Å². The van der Waals surface area contributed by atoms with Gasteiger partial charge in [-0.15, -0.1) is 0 Å². The highest BCUT2D eigenvalue weighted by Gasteiger charge is 2.34. The Morgan fingerprint density at radius 3 is 2.20 bits per heavy atom. The molecule has 0 atom stereocenters. The lowest BCUT2D eigenvalue weighted by atomic mass is 9.96. The van der Waals surface area contributed by atoms with Crippen molar-refractivity contribution in [2.45, 2.75) is 66.5 Å². The first-order chi connectivity index (χ1) is 14.0. The molecule has 0 unspecified atom stereocenters. The van der Waals surface area contributed by atoms with Crippen LogP contribution in [0.15, 0.2) is 12.3 Å². The number of carbonyl (C=O) groups is 2. The van der Waals surface area contributed by atoms with Gasteiger partial charge in [-0.2, -0.15) is 13.2 Å².